The van der Waals surface area contributed by atoms with Gasteiger partial charge in [-0.05, 0) is 61.3 Å². The van der Waals surface area contributed by atoms with Crippen molar-refractivity contribution in [3.63, 3.8) is 0 Å². The lowest BCUT2D eigenvalue weighted by Gasteiger charge is -2.39. The molecule has 1 atom stereocenters. The van der Waals surface area contributed by atoms with Gasteiger partial charge in [0.05, 0.1) is 0 Å². The summed E-state index contributed by atoms with van der Waals surface area (Å²) in [6, 6.07) is 4.65. The summed E-state index contributed by atoms with van der Waals surface area (Å²) in [5, 5.41) is 16.0. The smallest absolute Gasteiger partial charge is 0.200 e. The Kier molecular flexibility index (Phi) is 3.88. The standard InChI is InChI=1S/C15H23N7/c1-2-4-10-20(9-3-1)13-6-5-11-21(12-13)15-8-7-14-16-18-19-22(14)17-15/h7-8,13H,1-6,9-12H2/t13-/m1/s1. The molecule has 118 valence electrons. The third-order valence-electron chi connectivity index (χ3n) is 4.93. The molecule has 0 aliphatic carbocycles. The fraction of sp³-hybridized carbons (Fsp3) is 0.733. The Morgan fingerprint density at radius 3 is 2.68 bits per heavy atom. The van der Waals surface area contributed by atoms with Crippen molar-refractivity contribution >= 4 is 11.5 Å². The van der Waals surface area contributed by atoms with Crippen LogP contribution in [-0.2, 0) is 0 Å². The van der Waals surface area contributed by atoms with E-state index in [4.69, 9.17) is 0 Å². The van der Waals surface area contributed by atoms with Crippen molar-refractivity contribution < 1.29 is 0 Å². The molecule has 2 fully saturated rings. The average molecular weight is 301 g/mol. The molecule has 22 heavy (non-hydrogen) atoms. The molecule has 7 heteroatoms. The normalized spacial score (nSPS) is 24.5. The van der Waals surface area contributed by atoms with Crippen molar-refractivity contribution in [3.05, 3.63) is 12.1 Å². The second-order valence-corrected chi connectivity index (χ2v) is 6.41. The summed E-state index contributed by atoms with van der Waals surface area (Å²) in [6.45, 7) is 4.67. The quantitative estimate of drug-likeness (QED) is 0.835. The molecule has 2 saturated heterocycles. The summed E-state index contributed by atoms with van der Waals surface area (Å²) in [5.74, 6) is 0.985. The van der Waals surface area contributed by atoms with Crippen LogP contribution >= 0.6 is 0 Å². The zero-order valence-electron chi connectivity index (χ0n) is 12.9. The summed E-state index contributed by atoms with van der Waals surface area (Å²) < 4.78 is 1.52. The van der Waals surface area contributed by atoms with Crippen LogP contribution < -0.4 is 4.90 Å². The van der Waals surface area contributed by atoms with Gasteiger partial charge in [-0.2, -0.15) is 0 Å². The van der Waals surface area contributed by atoms with E-state index in [1.54, 1.807) is 0 Å². The molecule has 4 heterocycles. The minimum atomic E-state index is 0.665. The minimum absolute atomic E-state index is 0.665. The summed E-state index contributed by atoms with van der Waals surface area (Å²) >= 11 is 0. The predicted molar refractivity (Wildman–Crippen MR) is 83.9 cm³/mol. The molecule has 0 aromatic carbocycles. The molecule has 2 aliphatic heterocycles. The maximum atomic E-state index is 4.54. The summed E-state index contributed by atoms with van der Waals surface area (Å²) in [7, 11) is 0. The van der Waals surface area contributed by atoms with Crippen molar-refractivity contribution in [3.8, 4) is 0 Å². The molecule has 0 amide bonds. The summed E-state index contributed by atoms with van der Waals surface area (Å²) in [4.78, 5) is 5.09. The Balaban J connectivity index is 1.49. The van der Waals surface area contributed by atoms with Gasteiger partial charge in [-0.25, -0.2) is 0 Å². The number of nitrogens with zero attached hydrogens (tertiary/aromatic N) is 7. The second-order valence-electron chi connectivity index (χ2n) is 6.41. The second kappa shape index (κ2) is 6.16. The van der Waals surface area contributed by atoms with Gasteiger partial charge in [0.1, 0.15) is 0 Å². The van der Waals surface area contributed by atoms with Gasteiger partial charge in [0.25, 0.3) is 0 Å². The lowest BCUT2D eigenvalue weighted by atomic mass is 10.0. The first-order valence-corrected chi connectivity index (χ1v) is 8.44. The predicted octanol–water partition coefficient (Wildman–Crippen LogP) is 1.36. The summed E-state index contributed by atoms with van der Waals surface area (Å²) in [5.41, 5.74) is 0.699. The van der Waals surface area contributed by atoms with Crippen LogP contribution in [0.25, 0.3) is 5.65 Å². The summed E-state index contributed by atoms with van der Waals surface area (Å²) in [6.07, 6.45) is 8.03. The van der Waals surface area contributed by atoms with E-state index in [1.165, 1.54) is 56.2 Å². The fourth-order valence-corrected chi connectivity index (χ4v) is 3.73. The number of tetrazole rings is 1. The average Bonchev–Trinajstić information content (AvgIpc) is 2.86. The maximum Gasteiger partial charge on any atom is 0.200 e. The van der Waals surface area contributed by atoms with Crippen LogP contribution in [0.2, 0.25) is 0 Å². The van der Waals surface area contributed by atoms with E-state index >= 15 is 0 Å². The molecule has 0 N–H and O–H groups in total. The van der Waals surface area contributed by atoms with Gasteiger partial charge < -0.3 is 4.90 Å². The highest BCUT2D eigenvalue weighted by Crippen LogP contribution is 2.23. The molecule has 0 radical (unpaired) electrons. The molecular formula is C15H23N7. The zero-order valence-corrected chi connectivity index (χ0v) is 12.9. The number of hydrogen-bond donors (Lipinski definition) is 0. The fourth-order valence-electron chi connectivity index (χ4n) is 3.73. The Morgan fingerprint density at radius 2 is 1.82 bits per heavy atom. The van der Waals surface area contributed by atoms with E-state index in [2.05, 4.69) is 30.4 Å². The van der Waals surface area contributed by atoms with Crippen LogP contribution in [0.5, 0.6) is 0 Å². The van der Waals surface area contributed by atoms with E-state index in [0.29, 0.717) is 11.7 Å². The topological polar surface area (TPSA) is 62.5 Å². The molecular weight excluding hydrogens is 278 g/mol. The first kappa shape index (κ1) is 13.9. The SMILES string of the molecule is c1cc2nnnn2nc1N1CCC[C@@H](N2CCCCCC2)C1. The van der Waals surface area contributed by atoms with Gasteiger partial charge >= 0.3 is 0 Å². The number of fused-ring (bicyclic) bond motifs is 1. The monoisotopic (exact) mass is 301 g/mol. The van der Waals surface area contributed by atoms with Gasteiger partial charge in [-0.3, -0.25) is 4.90 Å². The van der Waals surface area contributed by atoms with Gasteiger partial charge in [0.2, 0.25) is 0 Å². The highest BCUT2D eigenvalue weighted by Gasteiger charge is 2.26. The molecule has 2 aromatic rings. The largest absolute Gasteiger partial charge is 0.354 e. The number of rotatable bonds is 2. The van der Waals surface area contributed by atoms with Crippen LogP contribution in [0.3, 0.4) is 0 Å². The Morgan fingerprint density at radius 1 is 0.955 bits per heavy atom. The lowest BCUT2D eigenvalue weighted by Crippen LogP contribution is -2.48. The van der Waals surface area contributed by atoms with Crippen LogP contribution in [-0.4, -0.2) is 62.4 Å². The molecule has 0 saturated carbocycles. The van der Waals surface area contributed by atoms with Crippen molar-refractivity contribution in [1.82, 2.24) is 30.2 Å². The minimum Gasteiger partial charge on any atom is -0.354 e. The van der Waals surface area contributed by atoms with Crippen LogP contribution in [0.4, 0.5) is 5.82 Å². The number of likely N-dealkylation sites (tertiary alicyclic amines) is 1. The molecule has 2 aliphatic rings. The van der Waals surface area contributed by atoms with E-state index in [0.717, 1.165) is 18.9 Å². The highest BCUT2D eigenvalue weighted by molar-refractivity contribution is 5.44. The van der Waals surface area contributed by atoms with E-state index < -0.39 is 0 Å². The van der Waals surface area contributed by atoms with Crippen LogP contribution in [0, 0.1) is 0 Å². The molecule has 0 unspecified atom stereocenters. The maximum absolute atomic E-state index is 4.54. The van der Waals surface area contributed by atoms with Crippen LogP contribution in [0.1, 0.15) is 38.5 Å². The molecule has 2 aromatic heterocycles. The Labute approximate surface area is 130 Å². The van der Waals surface area contributed by atoms with E-state index in [9.17, 15) is 0 Å². The lowest BCUT2D eigenvalue weighted by molar-refractivity contribution is 0.181. The Bertz CT molecular complexity index is 617. The number of hydrogen-bond acceptors (Lipinski definition) is 6. The first-order chi connectivity index (χ1) is 10.9. The van der Waals surface area contributed by atoms with Crippen LogP contribution in [0.15, 0.2) is 12.1 Å². The van der Waals surface area contributed by atoms with Crippen molar-refractivity contribution in [2.45, 2.75) is 44.6 Å². The van der Waals surface area contributed by atoms with E-state index in [-0.39, 0.29) is 0 Å². The van der Waals surface area contributed by atoms with Gasteiger partial charge in [0.15, 0.2) is 11.5 Å². The van der Waals surface area contributed by atoms with Gasteiger partial charge in [-0.15, -0.1) is 14.8 Å². The first-order valence-electron chi connectivity index (χ1n) is 8.44. The third kappa shape index (κ3) is 2.77. The Hall–Kier alpha value is -1.76. The van der Waals surface area contributed by atoms with Crippen molar-refractivity contribution in [2.24, 2.45) is 0 Å². The number of aromatic nitrogens is 5. The zero-order chi connectivity index (χ0) is 14.8. The molecule has 7 nitrogen and oxygen atoms in total. The van der Waals surface area contributed by atoms with Crippen molar-refractivity contribution in [2.75, 3.05) is 31.1 Å². The molecule has 0 bridgehead atoms. The van der Waals surface area contributed by atoms with Gasteiger partial charge in [0, 0.05) is 19.1 Å². The number of piperidine rings is 1. The number of anilines is 1. The van der Waals surface area contributed by atoms with E-state index in [1.807, 2.05) is 12.1 Å². The third-order valence-corrected chi connectivity index (χ3v) is 4.93. The molecule has 4 rings (SSSR count). The van der Waals surface area contributed by atoms with Crippen molar-refractivity contribution in [1.29, 1.82) is 0 Å². The van der Waals surface area contributed by atoms with Gasteiger partial charge in [-0.1, -0.05) is 12.8 Å². The highest BCUT2D eigenvalue weighted by atomic mass is 15.6. The molecule has 0 spiro atoms.